The van der Waals surface area contributed by atoms with Gasteiger partial charge in [-0.2, -0.15) is 5.10 Å². The van der Waals surface area contributed by atoms with Crippen molar-refractivity contribution < 1.29 is 9.18 Å². The molecular formula is C20H30FIN6O. The van der Waals surface area contributed by atoms with Crippen molar-refractivity contribution in [1.82, 2.24) is 25.3 Å². The van der Waals surface area contributed by atoms with Crippen LogP contribution in [0.25, 0.3) is 0 Å². The molecule has 7 nitrogen and oxygen atoms in total. The average molecular weight is 516 g/mol. The number of aryl methyl sites for hydroxylation is 1. The van der Waals surface area contributed by atoms with Gasteiger partial charge in [0.2, 0.25) is 0 Å². The Morgan fingerprint density at radius 3 is 2.55 bits per heavy atom. The summed E-state index contributed by atoms with van der Waals surface area (Å²) in [5.41, 5.74) is 2.26. The van der Waals surface area contributed by atoms with E-state index in [4.69, 9.17) is 0 Å². The molecule has 9 heteroatoms. The summed E-state index contributed by atoms with van der Waals surface area (Å²) >= 11 is 0. The van der Waals surface area contributed by atoms with Crippen LogP contribution in [0.15, 0.2) is 35.5 Å². The standard InChI is InChI=1S/C20H29FN6O.HI/c1-14(2)18-15(13-27(5)25-18)12-26(4)20(22-3)24-11-10-23-19(28)16-8-6-7-9-17(16)21;/h6-9,13-14H,10-12H2,1-5H3,(H,22,24)(H,23,28);1H. The summed E-state index contributed by atoms with van der Waals surface area (Å²) in [7, 11) is 5.58. The van der Waals surface area contributed by atoms with Crippen LogP contribution in [0.2, 0.25) is 0 Å². The lowest BCUT2D eigenvalue weighted by molar-refractivity contribution is 0.0950. The first-order valence-electron chi connectivity index (χ1n) is 9.30. The third-order valence-corrected chi connectivity index (χ3v) is 4.28. The molecule has 0 unspecified atom stereocenters. The summed E-state index contributed by atoms with van der Waals surface area (Å²) in [5, 5.41) is 10.4. The van der Waals surface area contributed by atoms with Gasteiger partial charge in [0.1, 0.15) is 5.82 Å². The molecule has 0 aliphatic rings. The van der Waals surface area contributed by atoms with E-state index in [1.54, 1.807) is 19.2 Å². The summed E-state index contributed by atoms with van der Waals surface area (Å²) in [6.45, 7) is 5.74. The van der Waals surface area contributed by atoms with Gasteiger partial charge in [0.25, 0.3) is 5.91 Å². The summed E-state index contributed by atoms with van der Waals surface area (Å²) < 4.78 is 15.5. The number of nitrogens with one attached hydrogen (secondary N) is 2. The Morgan fingerprint density at radius 2 is 1.93 bits per heavy atom. The van der Waals surface area contributed by atoms with Gasteiger partial charge in [-0.25, -0.2) is 4.39 Å². The van der Waals surface area contributed by atoms with Crippen LogP contribution >= 0.6 is 24.0 Å². The van der Waals surface area contributed by atoms with Crippen LogP contribution in [0, 0.1) is 5.82 Å². The molecule has 2 N–H and O–H groups in total. The van der Waals surface area contributed by atoms with E-state index in [9.17, 15) is 9.18 Å². The number of hydrogen-bond acceptors (Lipinski definition) is 3. The predicted molar refractivity (Wildman–Crippen MR) is 124 cm³/mol. The van der Waals surface area contributed by atoms with Crippen LogP contribution in [0.4, 0.5) is 4.39 Å². The highest BCUT2D eigenvalue weighted by Gasteiger charge is 2.15. The van der Waals surface area contributed by atoms with Crippen LogP contribution in [0.1, 0.15) is 41.4 Å². The maximum Gasteiger partial charge on any atom is 0.254 e. The van der Waals surface area contributed by atoms with E-state index in [2.05, 4.69) is 34.6 Å². The molecule has 2 rings (SSSR count). The highest BCUT2D eigenvalue weighted by molar-refractivity contribution is 14.0. The molecule has 0 radical (unpaired) electrons. The van der Waals surface area contributed by atoms with E-state index in [1.807, 2.05) is 29.9 Å². The molecule has 0 spiro atoms. The van der Waals surface area contributed by atoms with Gasteiger partial charge in [0, 0.05) is 52.5 Å². The number of carbonyl (C=O) groups is 1. The Hall–Kier alpha value is -2.17. The normalized spacial score (nSPS) is 11.2. The van der Waals surface area contributed by atoms with Crippen molar-refractivity contribution in [2.24, 2.45) is 12.0 Å². The zero-order chi connectivity index (χ0) is 20.7. The number of nitrogens with zero attached hydrogens (tertiary/aromatic N) is 4. The molecule has 1 heterocycles. The number of carbonyl (C=O) groups excluding carboxylic acids is 1. The van der Waals surface area contributed by atoms with Gasteiger partial charge < -0.3 is 15.5 Å². The maximum absolute atomic E-state index is 13.6. The quantitative estimate of drug-likeness (QED) is 0.257. The van der Waals surface area contributed by atoms with Gasteiger partial charge in [0.05, 0.1) is 11.3 Å². The lowest BCUT2D eigenvalue weighted by atomic mass is 10.1. The number of benzene rings is 1. The smallest absolute Gasteiger partial charge is 0.254 e. The van der Waals surface area contributed by atoms with Gasteiger partial charge in [-0.1, -0.05) is 26.0 Å². The highest BCUT2D eigenvalue weighted by atomic mass is 127. The molecule has 29 heavy (non-hydrogen) atoms. The molecule has 0 fully saturated rings. The molecule has 0 bridgehead atoms. The fraction of sp³-hybridized carbons (Fsp3) is 0.450. The Bertz CT molecular complexity index is 836. The van der Waals surface area contributed by atoms with E-state index >= 15 is 0 Å². The molecule has 0 saturated carbocycles. The minimum Gasteiger partial charge on any atom is -0.354 e. The van der Waals surface area contributed by atoms with Gasteiger partial charge in [-0.15, -0.1) is 24.0 Å². The first kappa shape index (κ1) is 24.9. The first-order chi connectivity index (χ1) is 13.3. The van der Waals surface area contributed by atoms with Crippen molar-refractivity contribution >= 4 is 35.8 Å². The second-order valence-electron chi connectivity index (χ2n) is 6.93. The lowest BCUT2D eigenvalue weighted by Crippen LogP contribution is -2.42. The third kappa shape index (κ3) is 6.98. The van der Waals surface area contributed by atoms with Crippen LogP contribution in [0.5, 0.6) is 0 Å². The first-order valence-corrected chi connectivity index (χ1v) is 9.30. The Labute approximate surface area is 188 Å². The predicted octanol–water partition coefficient (Wildman–Crippen LogP) is 2.74. The molecule has 0 aliphatic heterocycles. The second kappa shape index (κ2) is 11.7. The molecule has 1 amide bonds. The third-order valence-electron chi connectivity index (χ3n) is 4.28. The fourth-order valence-electron chi connectivity index (χ4n) is 2.97. The van der Waals surface area contributed by atoms with Gasteiger partial charge in [-0.3, -0.25) is 14.5 Å². The van der Waals surface area contributed by atoms with Crippen LogP contribution < -0.4 is 10.6 Å². The Kier molecular flexibility index (Phi) is 10.1. The monoisotopic (exact) mass is 516 g/mol. The topological polar surface area (TPSA) is 74.6 Å². The SMILES string of the molecule is CN=C(NCCNC(=O)c1ccccc1F)N(C)Cc1cn(C)nc1C(C)C.I. The fourth-order valence-corrected chi connectivity index (χ4v) is 2.97. The number of aromatic nitrogens is 2. The van der Waals surface area contributed by atoms with E-state index in [0.717, 1.165) is 11.3 Å². The van der Waals surface area contributed by atoms with E-state index in [0.29, 0.717) is 31.5 Å². The van der Waals surface area contributed by atoms with Crippen molar-refractivity contribution in [2.45, 2.75) is 26.3 Å². The largest absolute Gasteiger partial charge is 0.354 e. The minimum absolute atomic E-state index is 0. The number of aliphatic imine (C=N–C) groups is 1. The molecule has 0 aliphatic carbocycles. The second-order valence-corrected chi connectivity index (χ2v) is 6.93. The molecular weight excluding hydrogens is 486 g/mol. The van der Waals surface area contributed by atoms with E-state index in [1.165, 1.54) is 12.1 Å². The zero-order valence-electron chi connectivity index (χ0n) is 17.6. The molecule has 160 valence electrons. The molecule has 1 aromatic heterocycles. The van der Waals surface area contributed by atoms with Crippen molar-refractivity contribution in [3.63, 3.8) is 0 Å². The molecule has 1 aromatic carbocycles. The Morgan fingerprint density at radius 1 is 1.28 bits per heavy atom. The van der Waals surface area contributed by atoms with E-state index in [-0.39, 0.29) is 29.5 Å². The van der Waals surface area contributed by atoms with Crippen LogP contribution in [-0.2, 0) is 13.6 Å². The average Bonchev–Trinajstić information content (AvgIpc) is 3.02. The van der Waals surface area contributed by atoms with Crippen molar-refractivity contribution in [1.29, 1.82) is 0 Å². The summed E-state index contributed by atoms with van der Waals surface area (Å²) in [6, 6.07) is 5.93. The molecule has 0 saturated heterocycles. The van der Waals surface area contributed by atoms with E-state index < -0.39 is 11.7 Å². The number of rotatable bonds is 7. The van der Waals surface area contributed by atoms with Gasteiger partial charge in [0.15, 0.2) is 5.96 Å². The summed E-state index contributed by atoms with van der Waals surface area (Å²) in [5.74, 6) is 0.0907. The van der Waals surface area contributed by atoms with Crippen molar-refractivity contribution in [3.8, 4) is 0 Å². The highest BCUT2D eigenvalue weighted by Crippen LogP contribution is 2.18. The summed E-state index contributed by atoms with van der Waals surface area (Å²) in [4.78, 5) is 18.3. The van der Waals surface area contributed by atoms with Crippen molar-refractivity contribution in [2.75, 3.05) is 27.2 Å². The van der Waals surface area contributed by atoms with Gasteiger partial charge in [-0.05, 0) is 18.1 Å². The van der Waals surface area contributed by atoms with Gasteiger partial charge >= 0.3 is 0 Å². The maximum atomic E-state index is 13.6. The molecule has 0 atom stereocenters. The zero-order valence-corrected chi connectivity index (χ0v) is 19.9. The summed E-state index contributed by atoms with van der Waals surface area (Å²) in [6.07, 6.45) is 2.02. The Balaban J connectivity index is 0.00000420. The van der Waals surface area contributed by atoms with Crippen LogP contribution in [-0.4, -0.2) is 53.7 Å². The minimum atomic E-state index is -0.527. The number of guanidine groups is 1. The van der Waals surface area contributed by atoms with Crippen LogP contribution in [0.3, 0.4) is 0 Å². The van der Waals surface area contributed by atoms with Crippen molar-refractivity contribution in [3.05, 3.63) is 53.1 Å². The molecule has 2 aromatic rings. The number of hydrogen-bond donors (Lipinski definition) is 2. The number of halogens is 2. The lowest BCUT2D eigenvalue weighted by Gasteiger charge is -2.22. The number of amides is 1.